The van der Waals surface area contributed by atoms with E-state index in [0.717, 1.165) is 34.8 Å². The maximum Gasteiger partial charge on any atom is 0.416 e. The van der Waals surface area contributed by atoms with Crippen molar-refractivity contribution in [3.8, 4) is 0 Å². The fourth-order valence-corrected chi connectivity index (χ4v) is 3.39. The van der Waals surface area contributed by atoms with Crippen molar-refractivity contribution in [1.29, 1.82) is 0 Å². The van der Waals surface area contributed by atoms with Crippen molar-refractivity contribution in [3.63, 3.8) is 0 Å². The maximum absolute atomic E-state index is 13.9. The fourth-order valence-electron chi connectivity index (χ4n) is 2.35. The molecule has 0 unspecified atom stereocenters. The Bertz CT molecular complexity index is 714. The smallest absolute Gasteiger partial charge is 0.314 e. The highest BCUT2D eigenvalue weighted by Gasteiger charge is 2.34. The number of benzene rings is 2. The number of hydrazine groups is 1. The van der Waals surface area contributed by atoms with Crippen LogP contribution in [0.2, 0.25) is 0 Å². The predicted octanol–water partition coefficient (Wildman–Crippen LogP) is 5.01. The number of rotatable bonds is 5. The van der Waals surface area contributed by atoms with Gasteiger partial charge in [-0.15, -0.1) is 11.8 Å². The minimum Gasteiger partial charge on any atom is -0.314 e. The quantitative estimate of drug-likeness (QED) is 0.353. The first kappa shape index (κ1) is 18.6. The number of halogens is 4. The first-order valence-corrected chi connectivity index (χ1v) is 8.31. The predicted molar refractivity (Wildman–Crippen MR) is 89.4 cm³/mol. The number of hydrogen-bond acceptors (Lipinski definition) is 3. The summed E-state index contributed by atoms with van der Waals surface area (Å²) in [4.78, 5) is 0.331. The largest absolute Gasteiger partial charge is 0.416 e. The van der Waals surface area contributed by atoms with Crippen LogP contribution in [0.3, 0.4) is 0 Å². The first-order valence-electron chi connectivity index (χ1n) is 7.32. The van der Waals surface area contributed by atoms with Gasteiger partial charge in [-0.25, -0.2) is 10.2 Å². The van der Waals surface area contributed by atoms with Crippen LogP contribution in [0.4, 0.5) is 23.2 Å². The van der Waals surface area contributed by atoms with Crippen molar-refractivity contribution in [3.05, 3.63) is 58.9 Å². The third-order valence-electron chi connectivity index (χ3n) is 3.61. The number of nitrogens with two attached hydrogens (primary N) is 1. The first-order chi connectivity index (χ1) is 11.2. The number of aryl methyl sites for hydroxylation is 1. The number of hydrogen-bond donors (Lipinski definition) is 1. The second-order valence-corrected chi connectivity index (χ2v) is 6.34. The van der Waals surface area contributed by atoms with Crippen LogP contribution in [0, 0.1) is 5.82 Å². The Hall–Kier alpha value is -1.73. The van der Waals surface area contributed by atoms with Crippen molar-refractivity contribution >= 4 is 17.4 Å². The third-order valence-corrected chi connectivity index (χ3v) is 4.67. The lowest BCUT2D eigenvalue weighted by Crippen LogP contribution is -2.27. The van der Waals surface area contributed by atoms with Gasteiger partial charge in [-0.1, -0.05) is 19.1 Å². The van der Waals surface area contributed by atoms with E-state index >= 15 is 0 Å². The summed E-state index contributed by atoms with van der Waals surface area (Å²) < 4.78 is 53.7. The van der Waals surface area contributed by atoms with E-state index in [4.69, 9.17) is 5.84 Å². The number of anilines is 1. The molecule has 130 valence electrons. The molecule has 0 aliphatic rings. The summed E-state index contributed by atoms with van der Waals surface area (Å²) in [5, 5.41) is 1.14. The van der Waals surface area contributed by atoms with E-state index < -0.39 is 17.6 Å². The number of thioether (sulfide) groups is 1. The second-order valence-electron chi connectivity index (χ2n) is 5.32. The topological polar surface area (TPSA) is 29.3 Å². The minimum absolute atomic E-state index is 0.0311. The van der Waals surface area contributed by atoms with Gasteiger partial charge in [0, 0.05) is 17.7 Å². The lowest BCUT2D eigenvalue weighted by Gasteiger charge is -2.21. The summed E-state index contributed by atoms with van der Waals surface area (Å²) in [7, 11) is 1.47. The van der Waals surface area contributed by atoms with Crippen LogP contribution >= 0.6 is 11.8 Å². The Kier molecular flexibility index (Phi) is 5.77. The zero-order valence-electron chi connectivity index (χ0n) is 13.3. The van der Waals surface area contributed by atoms with E-state index in [1.54, 1.807) is 12.1 Å². The average molecular weight is 358 g/mol. The van der Waals surface area contributed by atoms with E-state index in [1.165, 1.54) is 25.2 Å². The van der Waals surface area contributed by atoms with Gasteiger partial charge in [0.25, 0.3) is 0 Å². The van der Waals surface area contributed by atoms with E-state index in [0.29, 0.717) is 4.90 Å². The second kappa shape index (κ2) is 7.44. The molecule has 0 aliphatic heterocycles. The van der Waals surface area contributed by atoms with Crippen molar-refractivity contribution in [2.75, 3.05) is 12.1 Å². The minimum atomic E-state index is -4.49. The van der Waals surface area contributed by atoms with Crippen molar-refractivity contribution in [1.82, 2.24) is 0 Å². The van der Waals surface area contributed by atoms with Crippen molar-refractivity contribution < 1.29 is 17.6 Å². The van der Waals surface area contributed by atoms with Gasteiger partial charge >= 0.3 is 6.18 Å². The van der Waals surface area contributed by atoms with Gasteiger partial charge in [-0.3, -0.25) is 0 Å². The molecule has 2 N–H and O–H groups in total. The summed E-state index contributed by atoms with van der Waals surface area (Å²) in [6, 6.07) is 8.52. The Morgan fingerprint density at radius 1 is 1.17 bits per heavy atom. The molecule has 7 heteroatoms. The van der Waals surface area contributed by atoms with Gasteiger partial charge in [-0.05, 0) is 41.8 Å². The van der Waals surface area contributed by atoms with Gasteiger partial charge < -0.3 is 5.01 Å². The fraction of sp³-hybridized carbons (Fsp3) is 0.294. The van der Waals surface area contributed by atoms with E-state index in [-0.39, 0.29) is 17.0 Å². The normalized spacial score (nSPS) is 11.6. The average Bonchev–Trinajstić information content (AvgIpc) is 2.52. The van der Waals surface area contributed by atoms with Crippen LogP contribution in [0.15, 0.2) is 41.3 Å². The third kappa shape index (κ3) is 4.21. The lowest BCUT2D eigenvalue weighted by molar-refractivity contribution is -0.138. The summed E-state index contributed by atoms with van der Waals surface area (Å²) in [5.74, 6) is 5.18. The van der Waals surface area contributed by atoms with Gasteiger partial charge in [0.05, 0.1) is 11.3 Å². The highest BCUT2D eigenvalue weighted by atomic mass is 32.2. The number of alkyl halides is 3. The lowest BCUT2D eigenvalue weighted by atomic mass is 10.1. The molecule has 0 aromatic heterocycles. The Morgan fingerprint density at radius 2 is 1.88 bits per heavy atom. The van der Waals surface area contributed by atoms with Gasteiger partial charge in [0.1, 0.15) is 5.82 Å². The Labute approximate surface area is 142 Å². The van der Waals surface area contributed by atoms with Crippen LogP contribution in [-0.2, 0) is 18.3 Å². The standard InChI is InChI=1S/C17H18F4N2S/c1-3-11-7-8-14(18)16(9-11)24-10-12-13(17(19,20)21)5-4-6-15(12)23(2)22/h4-9H,3,10,22H2,1-2H3. The molecule has 2 nitrogen and oxygen atoms in total. The van der Waals surface area contributed by atoms with Crippen LogP contribution in [0.5, 0.6) is 0 Å². The van der Waals surface area contributed by atoms with E-state index in [1.807, 2.05) is 6.92 Å². The maximum atomic E-state index is 13.9. The zero-order chi connectivity index (χ0) is 17.9. The summed E-state index contributed by atoms with van der Waals surface area (Å²) in [6.07, 6.45) is -3.77. The van der Waals surface area contributed by atoms with Gasteiger partial charge in [-0.2, -0.15) is 13.2 Å². The molecule has 0 heterocycles. The molecule has 2 rings (SSSR count). The zero-order valence-corrected chi connectivity index (χ0v) is 14.1. The van der Waals surface area contributed by atoms with Crippen molar-refractivity contribution in [2.24, 2.45) is 5.84 Å². The Morgan fingerprint density at radius 3 is 2.46 bits per heavy atom. The molecule has 0 spiro atoms. The summed E-state index contributed by atoms with van der Waals surface area (Å²) in [6.45, 7) is 1.93. The number of nitrogens with zero attached hydrogens (tertiary/aromatic N) is 1. The molecule has 0 aliphatic carbocycles. The van der Waals surface area contributed by atoms with Crippen LogP contribution in [0.25, 0.3) is 0 Å². The highest BCUT2D eigenvalue weighted by molar-refractivity contribution is 7.98. The monoisotopic (exact) mass is 358 g/mol. The molecule has 0 saturated heterocycles. The summed E-state index contributed by atoms with van der Waals surface area (Å²) >= 11 is 1.03. The molecular formula is C17H18F4N2S. The molecule has 0 radical (unpaired) electrons. The van der Waals surface area contributed by atoms with Crippen LogP contribution < -0.4 is 10.9 Å². The molecule has 0 atom stereocenters. The highest BCUT2D eigenvalue weighted by Crippen LogP contribution is 2.39. The molecule has 2 aromatic carbocycles. The summed E-state index contributed by atoms with van der Waals surface area (Å²) in [5.41, 5.74) is 0.488. The van der Waals surface area contributed by atoms with Crippen LogP contribution in [-0.4, -0.2) is 7.05 Å². The molecule has 0 saturated carbocycles. The molecule has 0 amide bonds. The SMILES string of the molecule is CCc1ccc(F)c(SCc2c(N(C)N)cccc2C(F)(F)F)c1. The van der Waals surface area contributed by atoms with Gasteiger partial charge in [0.15, 0.2) is 0 Å². The molecule has 2 aromatic rings. The molecule has 24 heavy (non-hydrogen) atoms. The van der Waals surface area contributed by atoms with Gasteiger partial charge in [0.2, 0.25) is 0 Å². The van der Waals surface area contributed by atoms with E-state index in [9.17, 15) is 17.6 Å². The van der Waals surface area contributed by atoms with Crippen LogP contribution in [0.1, 0.15) is 23.6 Å². The Balaban J connectivity index is 2.38. The molecule has 0 bridgehead atoms. The molecule has 0 fully saturated rings. The van der Waals surface area contributed by atoms with Crippen molar-refractivity contribution in [2.45, 2.75) is 30.2 Å². The molecular weight excluding hydrogens is 340 g/mol. The van der Waals surface area contributed by atoms with E-state index in [2.05, 4.69) is 0 Å².